The topological polar surface area (TPSA) is 12.0 Å². The molecule has 1 nitrogen and oxygen atoms in total. The summed E-state index contributed by atoms with van der Waals surface area (Å²) in [6.45, 7) is 6.47. The highest BCUT2D eigenvalue weighted by Gasteiger charge is 2.06. The molecule has 15 heavy (non-hydrogen) atoms. The third-order valence-electron chi connectivity index (χ3n) is 2.24. The molecule has 0 fully saturated rings. The van der Waals surface area contributed by atoms with Gasteiger partial charge in [0.1, 0.15) is 5.82 Å². The molecule has 1 aromatic rings. The zero-order valence-electron chi connectivity index (χ0n) is 8.76. The SMILES string of the molecule is C=CCCNC(C)c1ccc(Cl)c(F)c1. The Kier molecular flexibility index (Phi) is 4.79. The Morgan fingerprint density at radius 2 is 2.33 bits per heavy atom. The molecule has 0 saturated carbocycles. The first kappa shape index (κ1) is 12.2. The lowest BCUT2D eigenvalue weighted by atomic mass is 10.1. The quantitative estimate of drug-likeness (QED) is 0.597. The van der Waals surface area contributed by atoms with Crippen molar-refractivity contribution in [3.05, 3.63) is 47.3 Å². The van der Waals surface area contributed by atoms with Gasteiger partial charge in [-0.3, -0.25) is 0 Å². The molecule has 1 atom stereocenters. The second kappa shape index (κ2) is 5.89. The summed E-state index contributed by atoms with van der Waals surface area (Å²) in [4.78, 5) is 0. The molecule has 1 aromatic carbocycles. The van der Waals surface area contributed by atoms with Crippen LogP contribution < -0.4 is 5.32 Å². The number of hydrogen-bond acceptors (Lipinski definition) is 1. The van der Waals surface area contributed by atoms with E-state index in [4.69, 9.17) is 11.6 Å². The summed E-state index contributed by atoms with van der Waals surface area (Å²) in [6, 6.07) is 5.00. The summed E-state index contributed by atoms with van der Waals surface area (Å²) in [7, 11) is 0. The van der Waals surface area contributed by atoms with Gasteiger partial charge in [-0.2, -0.15) is 0 Å². The van der Waals surface area contributed by atoms with Crippen LogP contribution in [0.1, 0.15) is 24.9 Å². The number of halogens is 2. The van der Waals surface area contributed by atoms with Crippen molar-refractivity contribution in [3.63, 3.8) is 0 Å². The molecule has 0 spiro atoms. The molecule has 0 aliphatic carbocycles. The minimum Gasteiger partial charge on any atom is -0.310 e. The van der Waals surface area contributed by atoms with Crippen LogP contribution >= 0.6 is 11.6 Å². The lowest BCUT2D eigenvalue weighted by Gasteiger charge is -2.13. The first-order valence-corrected chi connectivity index (χ1v) is 5.32. The molecule has 0 heterocycles. The molecule has 1 unspecified atom stereocenters. The van der Waals surface area contributed by atoms with Crippen molar-refractivity contribution in [2.45, 2.75) is 19.4 Å². The van der Waals surface area contributed by atoms with Gasteiger partial charge in [0.15, 0.2) is 0 Å². The van der Waals surface area contributed by atoms with Gasteiger partial charge in [0.05, 0.1) is 5.02 Å². The first-order valence-electron chi connectivity index (χ1n) is 4.94. The Balaban J connectivity index is 2.61. The van der Waals surface area contributed by atoms with Crippen molar-refractivity contribution in [1.29, 1.82) is 0 Å². The standard InChI is InChI=1S/C12H15ClFN/c1-3-4-7-15-9(2)10-5-6-11(13)12(14)8-10/h3,5-6,8-9,15H,1,4,7H2,2H3. The lowest BCUT2D eigenvalue weighted by Crippen LogP contribution is -2.19. The summed E-state index contributed by atoms with van der Waals surface area (Å²) in [5, 5.41) is 3.43. The normalized spacial score (nSPS) is 12.5. The fourth-order valence-electron chi connectivity index (χ4n) is 1.30. The molecule has 0 aliphatic heterocycles. The smallest absolute Gasteiger partial charge is 0.142 e. The van der Waals surface area contributed by atoms with Crippen LogP contribution in [0.4, 0.5) is 4.39 Å². The van der Waals surface area contributed by atoms with Crippen molar-refractivity contribution in [2.75, 3.05) is 6.54 Å². The highest BCUT2D eigenvalue weighted by Crippen LogP contribution is 2.19. The number of benzene rings is 1. The van der Waals surface area contributed by atoms with Crippen molar-refractivity contribution in [1.82, 2.24) is 5.32 Å². The van der Waals surface area contributed by atoms with Crippen LogP contribution in [0.25, 0.3) is 0 Å². The molecular weight excluding hydrogens is 213 g/mol. The van der Waals surface area contributed by atoms with Crippen LogP contribution in [0.5, 0.6) is 0 Å². The first-order chi connectivity index (χ1) is 7.15. The Morgan fingerprint density at radius 3 is 2.93 bits per heavy atom. The van der Waals surface area contributed by atoms with Gasteiger partial charge in [-0.25, -0.2) is 4.39 Å². The van der Waals surface area contributed by atoms with E-state index in [0.717, 1.165) is 18.5 Å². The van der Waals surface area contributed by atoms with E-state index in [2.05, 4.69) is 11.9 Å². The summed E-state index contributed by atoms with van der Waals surface area (Å²) in [5.41, 5.74) is 0.904. The van der Waals surface area contributed by atoms with E-state index in [1.807, 2.05) is 19.1 Å². The van der Waals surface area contributed by atoms with Crippen molar-refractivity contribution in [3.8, 4) is 0 Å². The minimum absolute atomic E-state index is 0.122. The van der Waals surface area contributed by atoms with Gasteiger partial charge in [-0.15, -0.1) is 6.58 Å². The Morgan fingerprint density at radius 1 is 1.60 bits per heavy atom. The average molecular weight is 228 g/mol. The Hall–Kier alpha value is -0.860. The molecule has 0 bridgehead atoms. The zero-order valence-corrected chi connectivity index (χ0v) is 9.52. The fraction of sp³-hybridized carbons (Fsp3) is 0.333. The van der Waals surface area contributed by atoms with E-state index in [1.165, 1.54) is 6.07 Å². The maximum absolute atomic E-state index is 13.2. The third kappa shape index (κ3) is 3.65. The molecule has 0 radical (unpaired) electrons. The molecule has 1 N–H and O–H groups in total. The van der Waals surface area contributed by atoms with Crippen LogP contribution in [0.15, 0.2) is 30.9 Å². The van der Waals surface area contributed by atoms with E-state index in [1.54, 1.807) is 6.07 Å². The van der Waals surface area contributed by atoms with Gasteiger partial charge < -0.3 is 5.32 Å². The van der Waals surface area contributed by atoms with Crippen LogP contribution in [-0.4, -0.2) is 6.54 Å². The second-order valence-corrected chi connectivity index (χ2v) is 3.83. The van der Waals surface area contributed by atoms with Gasteiger partial charge in [-0.05, 0) is 37.6 Å². The van der Waals surface area contributed by atoms with E-state index in [0.29, 0.717) is 0 Å². The van der Waals surface area contributed by atoms with Crippen molar-refractivity contribution in [2.24, 2.45) is 0 Å². The number of hydrogen-bond donors (Lipinski definition) is 1. The maximum Gasteiger partial charge on any atom is 0.142 e. The van der Waals surface area contributed by atoms with Crippen molar-refractivity contribution >= 4 is 11.6 Å². The number of nitrogens with one attached hydrogen (secondary N) is 1. The monoisotopic (exact) mass is 227 g/mol. The maximum atomic E-state index is 13.2. The molecular formula is C12H15ClFN. The van der Waals surface area contributed by atoms with Gasteiger partial charge in [0.25, 0.3) is 0 Å². The number of rotatable bonds is 5. The highest BCUT2D eigenvalue weighted by atomic mass is 35.5. The lowest BCUT2D eigenvalue weighted by molar-refractivity contribution is 0.571. The predicted molar refractivity (Wildman–Crippen MR) is 62.6 cm³/mol. The summed E-state index contributed by atoms with van der Waals surface area (Å²) < 4.78 is 13.2. The molecule has 1 rings (SSSR count). The molecule has 0 amide bonds. The van der Waals surface area contributed by atoms with E-state index >= 15 is 0 Å². The van der Waals surface area contributed by atoms with Crippen LogP contribution in [-0.2, 0) is 0 Å². The Labute approximate surface area is 95.0 Å². The highest BCUT2D eigenvalue weighted by molar-refractivity contribution is 6.30. The third-order valence-corrected chi connectivity index (χ3v) is 2.55. The molecule has 0 saturated heterocycles. The largest absolute Gasteiger partial charge is 0.310 e. The average Bonchev–Trinajstić information content (AvgIpc) is 2.22. The molecule has 82 valence electrons. The minimum atomic E-state index is -0.369. The summed E-state index contributed by atoms with van der Waals surface area (Å²) >= 11 is 5.60. The van der Waals surface area contributed by atoms with Crippen LogP contribution in [0, 0.1) is 5.82 Å². The predicted octanol–water partition coefficient (Wildman–Crippen LogP) is 3.71. The van der Waals surface area contributed by atoms with Crippen LogP contribution in [0.2, 0.25) is 5.02 Å². The summed E-state index contributed by atoms with van der Waals surface area (Å²) in [6.07, 6.45) is 2.75. The zero-order chi connectivity index (χ0) is 11.3. The van der Waals surface area contributed by atoms with E-state index in [-0.39, 0.29) is 16.9 Å². The van der Waals surface area contributed by atoms with Gasteiger partial charge in [0.2, 0.25) is 0 Å². The van der Waals surface area contributed by atoms with Gasteiger partial charge >= 0.3 is 0 Å². The molecule has 3 heteroatoms. The second-order valence-electron chi connectivity index (χ2n) is 3.43. The van der Waals surface area contributed by atoms with E-state index < -0.39 is 0 Å². The summed E-state index contributed by atoms with van der Waals surface area (Å²) in [5.74, 6) is -0.369. The van der Waals surface area contributed by atoms with Crippen LogP contribution in [0.3, 0.4) is 0 Å². The van der Waals surface area contributed by atoms with Gasteiger partial charge in [0, 0.05) is 6.04 Å². The molecule has 0 aliphatic rings. The van der Waals surface area contributed by atoms with E-state index in [9.17, 15) is 4.39 Å². The fourth-order valence-corrected chi connectivity index (χ4v) is 1.42. The van der Waals surface area contributed by atoms with Gasteiger partial charge in [-0.1, -0.05) is 23.7 Å². The Bertz CT molecular complexity index is 338. The van der Waals surface area contributed by atoms with Crippen molar-refractivity contribution < 1.29 is 4.39 Å². The molecule has 0 aromatic heterocycles.